The number of unbranched alkanes of at least 4 members (excludes halogenated alkanes) is 1. The van der Waals surface area contributed by atoms with Crippen LogP contribution >= 0.6 is 15.9 Å². The molecule has 0 aromatic heterocycles. The van der Waals surface area contributed by atoms with E-state index in [0.717, 1.165) is 11.0 Å². The van der Waals surface area contributed by atoms with Crippen LogP contribution in [0.1, 0.15) is 38.2 Å². The topological polar surface area (TPSA) is 15.3 Å². The van der Waals surface area contributed by atoms with Crippen LogP contribution in [0, 0.1) is 0 Å². The zero-order valence-corrected chi connectivity index (χ0v) is 13.5. The molecule has 1 aromatic rings. The molecule has 1 aromatic carbocycles. The highest BCUT2D eigenvalue weighted by atomic mass is 79.9. The number of halogens is 1. The third-order valence-electron chi connectivity index (χ3n) is 3.79. The maximum absolute atomic E-state index is 3.61. The predicted molar refractivity (Wildman–Crippen MR) is 85.4 cm³/mol. The molecule has 1 aliphatic rings. The minimum absolute atomic E-state index is 0.701. The maximum atomic E-state index is 3.61. The van der Waals surface area contributed by atoms with Crippen molar-refractivity contribution in [2.45, 2.75) is 45.2 Å². The molecular weight excluding hydrogens is 300 g/mol. The SMILES string of the molecule is CCCCN(Cc1ccc(Br)cc1)CC1CCCN1. The fourth-order valence-corrected chi connectivity index (χ4v) is 2.95. The Hall–Kier alpha value is -0.380. The average molecular weight is 325 g/mol. The summed E-state index contributed by atoms with van der Waals surface area (Å²) in [5.41, 5.74) is 1.41. The Morgan fingerprint density at radius 1 is 1.32 bits per heavy atom. The molecule has 19 heavy (non-hydrogen) atoms. The minimum atomic E-state index is 0.701. The lowest BCUT2D eigenvalue weighted by atomic mass is 10.1. The predicted octanol–water partition coefficient (Wildman–Crippen LogP) is 3.80. The van der Waals surface area contributed by atoms with E-state index in [0.29, 0.717) is 6.04 Å². The van der Waals surface area contributed by atoms with Gasteiger partial charge in [0.2, 0.25) is 0 Å². The normalized spacial score (nSPS) is 19.2. The second-order valence-corrected chi connectivity index (χ2v) is 6.42. The summed E-state index contributed by atoms with van der Waals surface area (Å²) in [6.45, 7) is 6.95. The fourth-order valence-electron chi connectivity index (χ4n) is 2.69. The molecule has 0 bridgehead atoms. The van der Waals surface area contributed by atoms with Gasteiger partial charge in [-0.1, -0.05) is 41.4 Å². The summed E-state index contributed by atoms with van der Waals surface area (Å²) >= 11 is 3.50. The van der Waals surface area contributed by atoms with E-state index in [-0.39, 0.29) is 0 Å². The van der Waals surface area contributed by atoms with E-state index in [9.17, 15) is 0 Å². The van der Waals surface area contributed by atoms with Crippen molar-refractivity contribution in [3.63, 3.8) is 0 Å². The highest BCUT2D eigenvalue weighted by Crippen LogP contribution is 2.14. The average Bonchev–Trinajstić information content (AvgIpc) is 2.91. The van der Waals surface area contributed by atoms with Gasteiger partial charge in [-0.25, -0.2) is 0 Å². The van der Waals surface area contributed by atoms with Crippen molar-refractivity contribution in [1.29, 1.82) is 0 Å². The molecule has 1 fully saturated rings. The van der Waals surface area contributed by atoms with E-state index in [2.05, 4.69) is 57.3 Å². The molecule has 0 amide bonds. The smallest absolute Gasteiger partial charge is 0.0234 e. The zero-order valence-electron chi connectivity index (χ0n) is 11.9. The van der Waals surface area contributed by atoms with Gasteiger partial charge in [0, 0.05) is 23.6 Å². The van der Waals surface area contributed by atoms with Gasteiger partial charge in [0.25, 0.3) is 0 Å². The number of hydrogen-bond acceptors (Lipinski definition) is 2. The van der Waals surface area contributed by atoms with Crippen LogP contribution in [0.15, 0.2) is 28.7 Å². The van der Waals surface area contributed by atoms with Gasteiger partial charge >= 0.3 is 0 Å². The van der Waals surface area contributed by atoms with E-state index in [1.807, 2.05) is 0 Å². The van der Waals surface area contributed by atoms with E-state index in [1.54, 1.807) is 0 Å². The van der Waals surface area contributed by atoms with E-state index < -0.39 is 0 Å². The first kappa shape index (κ1) is 15.0. The van der Waals surface area contributed by atoms with Gasteiger partial charge in [-0.2, -0.15) is 0 Å². The molecule has 1 N–H and O–H groups in total. The van der Waals surface area contributed by atoms with E-state index in [4.69, 9.17) is 0 Å². The highest BCUT2D eigenvalue weighted by molar-refractivity contribution is 9.10. The van der Waals surface area contributed by atoms with Gasteiger partial charge < -0.3 is 5.32 Å². The summed E-state index contributed by atoms with van der Waals surface area (Å²) in [4.78, 5) is 2.61. The van der Waals surface area contributed by atoms with Crippen LogP contribution in [0.5, 0.6) is 0 Å². The van der Waals surface area contributed by atoms with Gasteiger partial charge in [-0.05, 0) is 50.0 Å². The molecule has 1 atom stereocenters. The molecule has 2 nitrogen and oxygen atoms in total. The Balaban J connectivity index is 1.89. The lowest BCUT2D eigenvalue weighted by Crippen LogP contribution is -2.37. The Morgan fingerprint density at radius 2 is 2.11 bits per heavy atom. The lowest BCUT2D eigenvalue weighted by Gasteiger charge is -2.25. The molecule has 0 spiro atoms. The van der Waals surface area contributed by atoms with Gasteiger partial charge in [-0.15, -0.1) is 0 Å². The van der Waals surface area contributed by atoms with Crippen molar-refractivity contribution in [1.82, 2.24) is 10.2 Å². The Kier molecular flexibility index (Phi) is 6.35. The molecule has 0 aliphatic carbocycles. The van der Waals surface area contributed by atoms with Crippen molar-refractivity contribution >= 4 is 15.9 Å². The Morgan fingerprint density at radius 3 is 2.74 bits per heavy atom. The number of rotatable bonds is 7. The molecule has 0 radical (unpaired) electrons. The molecular formula is C16H25BrN2. The summed E-state index contributed by atoms with van der Waals surface area (Å²) in [6.07, 6.45) is 5.24. The molecule has 1 heterocycles. The second-order valence-electron chi connectivity index (χ2n) is 5.51. The summed E-state index contributed by atoms with van der Waals surface area (Å²) in [6, 6.07) is 9.44. The zero-order chi connectivity index (χ0) is 13.5. The molecule has 106 valence electrons. The monoisotopic (exact) mass is 324 g/mol. The van der Waals surface area contributed by atoms with Gasteiger partial charge in [0.05, 0.1) is 0 Å². The van der Waals surface area contributed by atoms with Gasteiger partial charge in [-0.3, -0.25) is 4.90 Å². The van der Waals surface area contributed by atoms with Crippen molar-refractivity contribution in [3.05, 3.63) is 34.3 Å². The van der Waals surface area contributed by atoms with Crippen LogP contribution < -0.4 is 5.32 Å². The number of benzene rings is 1. The number of hydrogen-bond donors (Lipinski definition) is 1. The van der Waals surface area contributed by atoms with Crippen molar-refractivity contribution < 1.29 is 0 Å². The summed E-state index contributed by atoms with van der Waals surface area (Å²) in [5, 5.41) is 3.61. The molecule has 0 saturated carbocycles. The Labute approximate surface area is 125 Å². The van der Waals surface area contributed by atoms with Crippen molar-refractivity contribution in [2.24, 2.45) is 0 Å². The van der Waals surface area contributed by atoms with E-state index >= 15 is 0 Å². The van der Waals surface area contributed by atoms with Gasteiger partial charge in [0.15, 0.2) is 0 Å². The quantitative estimate of drug-likeness (QED) is 0.820. The van der Waals surface area contributed by atoms with Crippen LogP contribution in [0.25, 0.3) is 0 Å². The molecule has 1 saturated heterocycles. The van der Waals surface area contributed by atoms with Crippen LogP contribution in [-0.4, -0.2) is 30.6 Å². The van der Waals surface area contributed by atoms with Crippen molar-refractivity contribution in [3.8, 4) is 0 Å². The van der Waals surface area contributed by atoms with Crippen LogP contribution in [0.2, 0.25) is 0 Å². The third-order valence-corrected chi connectivity index (χ3v) is 4.32. The largest absolute Gasteiger partial charge is 0.313 e. The van der Waals surface area contributed by atoms with E-state index in [1.165, 1.54) is 50.9 Å². The first-order valence-corrected chi connectivity index (χ1v) is 8.27. The third kappa shape index (κ3) is 5.25. The molecule has 1 aliphatic heterocycles. The second kappa shape index (κ2) is 8.03. The first-order chi connectivity index (χ1) is 9.28. The minimum Gasteiger partial charge on any atom is -0.313 e. The lowest BCUT2D eigenvalue weighted by molar-refractivity contribution is 0.237. The highest BCUT2D eigenvalue weighted by Gasteiger charge is 2.17. The fraction of sp³-hybridized carbons (Fsp3) is 0.625. The van der Waals surface area contributed by atoms with Crippen LogP contribution in [-0.2, 0) is 6.54 Å². The van der Waals surface area contributed by atoms with Crippen LogP contribution in [0.4, 0.5) is 0 Å². The maximum Gasteiger partial charge on any atom is 0.0234 e. The Bertz CT molecular complexity index is 358. The molecule has 1 unspecified atom stereocenters. The van der Waals surface area contributed by atoms with Crippen LogP contribution in [0.3, 0.4) is 0 Å². The van der Waals surface area contributed by atoms with Crippen molar-refractivity contribution in [2.75, 3.05) is 19.6 Å². The number of nitrogens with zero attached hydrogens (tertiary/aromatic N) is 1. The summed E-state index contributed by atoms with van der Waals surface area (Å²) in [5.74, 6) is 0. The number of nitrogens with one attached hydrogen (secondary N) is 1. The standard InChI is InChI=1S/C16H25BrN2/c1-2-3-11-19(13-16-5-4-10-18-16)12-14-6-8-15(17)9-7-14/h6-9,16,18H,2-5,10-13H2,1H3. The molecule has 3 heteroatoms. The summed E-state index contributed by atoms with van der Waals surface area (Å²) < 4.78 is 1.16. The summed E-state index contributed by atoms with van der Waals surface area (Å²) in [7, 11) is 0. The van der Waals surface area contributed by atoms with Gasteiger partial charge in [0.1, 0.15) is 0 Å². The first-order valence-electron chi connectivity index (χ1n) is 7.48. The molecule has 2 rings (SSSR count).